The Morgan fingerprint density at radius 3 is 3.00 bits per heavy atom. The third-order valence-corrected chi connectivity index (χ3v) is 4.18. The molecule has 23 heavy (non-hydrogen) atoms. The van der Waals surface area contributed by atoms with Gasteiger partial charge in [0.1, 0.15) is 0 Å². The average molecular weight is 313 g/mol. The fourth-order valence-corrected chi connectivity index (χ4v) is 2.95. The van der Waals surface area contributed by atoms with Gasteiger partial charge in [-0.05, 0) is 42.7 Å². The molecule has 5 nitrogen and oxygen atoms in total. The first-order valence-corrected chi connectivity index (χ1v) is 8.04. The minimum atomic E-state index is -0.396. The first kappa shape index (κ1) is 15.6. The maximum absolute atomic E-state index is 12.6. The van der Waals surface area contributed by atoms with Crippen LogP contribution in [0.4, 0.5) is 5.69 Å². The number of piperidine rings is 1. The monoisotopic (exact) mass is 313 g/mol. The number of likely N-dealkylation sites (tertiary alicyclic amines) is 1. The smallest absolute Gasteiger partial charge is 0.254 e. The predicted octanol–water partition coefficient (Wildman–Crippen LogP) is 2.23. The summed E-state index contributed by atoms with van der Waals surface area (Å²) in [6, 6.07) is 9.63. The molecule has 1 aliphatic heterocycles. The first-order chi connectivity index (χ1) is 11.1. The molecule has 1 aromatic heterocycles. The van der Waals surface area contributed by atoms with Crippen molar-refractivity contribution in [2.45, 2.75) is 25.5 Å². The zero-order valence-electron chi connectivity index (χ0n) is 13.4. The first-order valence-electron chi connectivity index (χ1n) is 8.04. The molecular weight excluding hydrogens is 290 g/mol. The molecule has 0 radical (unpaired) electrons. The van der Waals surface area contributed by atoms with Crippen molar-refractivity contribution in [2.75, 3.05) is 18.4 Å². The van der Waals surface area contributed by atoms with E-state index in [2.05, 4.69) is 17.6 Å². The van der Waals surface area contributed by atoms with Gasteiger partial charge in [-0.3, -0.25) is 4.79 Å². The lowest BCUT2D eigenvalue weighted by molar-refractivity contribution is 0.0474. The molecule has 0 spiro atoms. The number of aryl methyl sites for hydroxylation is 1. The average Bonchev–Trinajstić information content (AvgIpc) is 2.98. The fourth-order valence-electron chi connectivity index (χ4n) is 2.95. The Morgan fingerprint density at radius 2 is 2.26 bits per heavy atom. The van der Waals surface area contributed by atoms with Gasteiger partial charge < -0.3 is 19.9 Å². The number of benzene rings is 1. The standard InChI is InChI=1S/C18H23N3O2/c1-20-9-7-14(12-20)11-19-16-5-2-4-15(10-16)18(23)21-8-3-6-17(22)13-21/h2,4-5,7,9-10,12,17,19,22H,3,6,8,11,13H2,1H3. The van der Waals surface area contributed by atoms with Gasteiger partial charge in [-0.2, -0.15) is 0 Å². The summed E-state index contributed by atoms with van der Waals surface area (Å²) in [6.45, 7) is 1.87. The van der Waals surface area contributed by atoms with Crippen LogP contribution in [0.15, 0.2) is 42.7 Å². The molecule has 0 bridgehead atoms. The largest absolute Gasteiger partial charge is 0.391 e. The number of amides is 1. The molecular formula is C18H23N3O2. The number of hydrogen-bond donors (Lipinski definition) is 2. The lowest BCUT2D eigenvalue weighted by Gasteiger charge is -2.30. The van der Waals surface area contributed by atoms with E-state index in [9.17, 15) is 9.90 Å². The molecule has 2 aromatic rings. The summed E-state index contributed by atoms with van der Waals surface area (Å²) < 4.78 is 2.01. The lowest BCUT2D eigenvalue weighted by Crippen LogP contribution is -2.42. The molecule has 3 rings (SSSR count). The van der Waals surface area contributed by atoms with Crippen molar-refractivity contribution in [2.24, 2.45) is 7.05 Å². The van der Waals surface area contributed by atoms with Crippen LogP contribution in [0.3, 0.4) is 0 Å². The summed E-state index contributed by atoms with van der Waals surface area (Å²) in [5.74, 6) is -0.00730. The summed E-state index contributed by atoms with van der Waals surface area (Å²) in [6.07, 6.45) is 5.32. The zero-order valence-corrected chi connectivity index (χ0v) is 13.4. The number of carbonyl (C=O) groups excluding carboxylic acids is 1. The molecule has 1 atom stereocenters. The molecule has 1 fully saturated rings. The third-order valence-electron chi connectivity index (χ3n) is 4.18. The third kappa shape index (κ3) is 3.93. The highest BCUT2D eigenvalue weighted by Crippen LogP contribution is 2.17. The summed E-state index contributed by atoms with van der Waals surface area (Å²) in [5, 5.41) is 13.1. The normalized spacial score (nSPS) is 18.0. The summed E-state index contributed by atoms with van der Waals surface area (Å²) in [4.78, 5) is 14.3. The number of hydrogen-bond acceptors (Lipinski definition) is 3. The van der Waals surface area contributed by atoms with Crippen molar-refractivity contribution in [1.82, 2.24) is 9.47 Å². The number of aliphatic hydroxyl groups excluding tert-OH is 1. The zero-order chi connectivity index (χ0) is 16.2. The second-order valence-electron chi connectivity index (χ2n) is 6.17. The number of nitrogens with zero attached hydrogens (tertiary/aromatic N) is 2. The number of anilines is 1. The van der Waals surface area contributed by atoms with Crippen molar-refractivity contribution >= 4 is 11.6 Å². The van der Waals surface area contributed by atoms with Crippen LogP contribution in [0.1, 0.15) is 28.8 Å². The minimum absolute atomic E-state index is 0.00730. The second kappa shape index (κ2) is 6.87. The van der Waals surface area contributed by atoms with Crippen molar-refractivity contribution in [3.05, 3.63) is 53.9 Å². The van der Waals surface area contributed by atoms with Gasteiger partial charge in [0.05, 0.1) is 6.10 Å². The van der Waals surface area contributed by atoms with E-state index in [1.165, 1.54) is 5.56 Å². The lowest BCUT2D eigenvalue weighted by atomic mass is 10.1. The molecule has 1 amide bonds. The van der Waals surface area contributed by atoms with Crippen LogP contribution in [0.2, 0.25) is 0 Å². The SMILES string of the molecule is Cn1ccc(CNc2cccc(C(=O)N3CCCC(O)C3)c2)c1. The van der Waals surface area contributed by atoms with Crippen LogP contribution in [-0.2, 0) is 13.6 Å². The summed E-state index contributed by atoms with van der Waals surface area (Å²) >= 11 is 0. The van der Waals surface area contributed by atoms with Crippen molar-refractivity contribution < 1.29 is 9.90 Å². The van der Waals surface area contributed by atoms with Crippen LogP contribution in [0.5, 0.6) is 0 Å². The number of nitrogens with one attached hydrogen (secondary N) is 1. The molecule has 1 aliphatic rings. The Hall–Kier alpha value is -2.27. The van der Waals surface area contributed by atoms with Crippen LogP contribution < -0.4 is 5.32 Å². The van der Waals surface area contributed by atoms with E-state index in [0.29, 0.717) is 12.1 Å². The second-order valence-corrected chi connectivity index (χ2v) is 6.17. The van der Waals surface area contributed by atoms with Crippen molar-refractivity contribution in [1.29, 1.82) is 0 Å². The summed E-state index contributed by atoms with van der Waals surface area (Å²) in [5.41, 5.74) is 2.79. The molecule has 122 valence electrons. The molecule has 1 aromatic carbocycles. The van der Waals surface area contributed by atoms with Gasteiger partial charge in [-0.1, -0.05) is 6.07 Å². The Labute approximate surface area is 136 Å². The number of β-amino-alcohol motifs (C(OH)–C–C–N with tert-alkyl or cyclic N) is 1. The highest BCUT2D eigenvalue weighted by atomic mass is 16.3. The van der Waals surface area contributed by atoms with E-state index >= 15 is 0 Å². The quantitative estimate of drug-likeness (QED) is 0.910. The van der Waals surface area contributed by atoms with E-state index in [-0.39, 0.29) is 5.91 Å². The van der Waals surface area contributed by atoms with Crippen LogP contribution in [-0.4, -0.2) is 39.7 Å². The van der Waals surface area contributed by atoms with Crippen LogP contribution in [0, 0.1) is 0 Å². The van der Waals surface area contributed by atoms with Gasteiger partial charge in [-0.25, -0.2) is 0 Å². The van der Waals surface area contributed by atoms with Crippen LogP contribution in [0.25, 0.3) is 0 Å². The molecule has 1 saturated heterocycles. The Morgan fingerprint density at radius 1 is 1.39 bits per heavy atom. The molecule has 0 aliphatic carbocycles. The highest BCUT2D eigenvalue weighted by molar-refractivity contribution is 5.95. The highest BCUT2D eigenvalue weighted by Gasteiger charge is 2.23. The molecule has 2 heterocycles. The molecule has 5 heteroatoms. The van der Waals surface area contributed by atoms with Crippen molar-refractivity contribution in [3.8, 4) is 0 Å². The van der Waals surface area contributed by atoms with E-state index in [0.717, 1.165) is 31.6 Å². The van der Waals surface area contributed by atoms with E-state index in [1.807, 2.05) is 42.1 Å². The van der Waals surface area contributed by atoms with E-state index in [1.54, 1.807) is 4.90 Å². The van der Waals surface area contributed by atoms with Gasteiger partial charge in [0, 0.05) is 50.3 Å². The predicted molar refractivity (Wildman–Crippen MR) is 90.3 cm³/mol. The van der Waals surface area contributed by atoms with E-state index in [4.69, 9.17) is 0 Å². The number of aliphatic hydroxyl groups is 1. The Kier molecular flexibility index (Phi) is 4.67. The molecule has 2 N–H and O–H groups in total. The maximum Gasteiger partial charge on any atom is 0.254 e. The van der Waals surface area contributed by atoms with Gasteiger partial charge in [-0.15, -0.1) is 0 Å². The Bertz CT molecular complexity index is 680. The van der Waals surface area contributed by atoms with Crippen molar-refractivity contribution in [3.63, 3.8) is 0 Å². The number of carbonyl (C=O) groups is 1. The van der Waals surface area contributed by atoms with Gasteiger partial charge in [0.15, 0.2) is 0 Å². The maximum atomic E-state index is 12.6. The fraction of sp³-hybridized carbons (Fsp3) is 0.389. The van der Waals surface area contributed by atoms with Gasteiger partial charge >= 0.3 is 0 Å². The molecule has 1 unspecified atom stereocenters. The topological polar surface area (TPSA) is 57.5 Å². The number of rotatable bonds is 4. The van der Waals surface area contributed by atoms with Gasteiger partial charge in [0.25, 0.3) is 5.91 Å². The number of aromatic nitrogens is 1. The Balaban J connectivity index is 1.65. The molecule has 0 saturated carbocycles. The van der Waals surface area contributed by atoms with Crippen LogP contribution >= 0.6 is 0 Å². The summed E-state index contributed by atoms with van der Waals surface area (Å²) in [7, 11) is 2.00. The van der Waals surface area contributed by atoms with E-state index < -0.39 is 6.10 Å². The minimum Gasteiger partial charge on any atom is -0.391 e. The van der Waals surface area contributed by atoms with Gasteiger partial charge in [0.2, 0.25) is 0 Å².